The number of nitrogen functional groups attached to an aromatic ring is 1. The molecule has 0 bridgehead atoms. The van der Waals surface area contributed by atoms with Gasteiger partial charge in [-0.15, -0.1) is 0 Å². The van der Waals surface area contributed by atoms with E-state index in [1.54, 1.807) is 48.8 Å². The maximum atomic E-state index is 13.9. The predicted octanol–water partition coefficient (Wildman–Crippen LogP) is 3.32. The second kappa shape index (κ2) is 10.2. The summed E-state index contributed by atoms with van der Waals surface area (Å²) < 4.78 is 3.95. The van der Waals surface area contributed by atoms with Crippen molar-refractivity contribution in [2.24, 2.45) is 5.73 Å². The molecule has 3 amide bonds. The van der Waals surface area contributed by atoms with Crippen molar-refractivity contribution in [1.29, 1.82) is 0 Å². The molecule has 0 radical (unpaired) electrons. The van der Waals surface area contributed by atoms with E-state index in [-0.39, 0.29) is 28.2 Å². The van der Waals surface area contributed by atoms with E-state index in [0.29, 0.717) is 16.3 Å². The number of rotatable bonds is 7. The molecule has 9 nitrogen and oxygen atoms in total. The summed E-state index contributed by atoms with van der Waals surface area (Å²) in [5, 5.41) is 3.56. The van der Waals surface area contributed by atoms with Crippen molar-refractivity contribution < 1.29 is 14.4 Å². The number of primary amides is 1. The molecule has 1 atom stereocenters. The number of nitrogens with two attached hydrogens (primary N) is 2. The minimum Gasteiger partial charge on any atom is -0.395 e. The average molecular weight is 499 g/mol. The maximum Gasteiger partial charge on any atom is 0.273 e. The Morgan fingerprint density at radius 1 is 1.09 bits per heavy atom. The molecule has 11 heteroatoms. The number of carbonyl (C=O) groups excluding carboxylic acids is 3. The Bertz CT molecular complexity index is 1200. The van der Waals surface area contributed by atoms with Crippen LogP contribution in [-0.4, -0.2) is 33.1 Å². The number of aromatic nitrogens is 2. The van der Waals surface area contributed by atoms with E-state index in [9.17, 15) is 14.4 Å². The summed E-state index contributed by atoms with van der Waals surface area (Å²) in [6.45, 7) is 0. The fraction of sp³-hybridized carbons (Fsp3) is 0.261. The molecule has 1 fully saturated rings. The van der Waals surface area contributed by atoms with Crippen LogP contribution in [0.15, 0.2) is 48.8 Å². The van der Waals surface area contributed by atoms with Crippen LogP contribution in [0.25, 0.3) is 0 Å². The lowest BCUT2D eigenvalue weighted by atomic mass is 10.0. The average Bonchev–Trinajstić information content (AvgIpc) is 3.47. The highest BCUT2D eigenvalue weighted by Gasteiger charge is 2.37. The van der Waals surface area contributed by atoms with Gasteiger partial charge in [0.2, 0.25) is 5.91 Å². The number of nitrogens with zero attached hydrogens (tertiary/aromatic N) is 3. The van der Waals surface area contributed by atoms with Crippen molar-refractivity contribution in [3.8, 4) is 0 Å². The summed E-state index contributed by atoms with van der Waals surface area (Å²) in [5.41, 5.74) is 12.1. The Labute approximate surface area is 205 Å². The predicted molar refractivity (Wildman–Crippen MR) is 131 cm³/mol. The van der Waals surface area contributed by atoms with Crippen LogP contribution in [0.1, 0.15) is 57.4 Å². The van der Waals surface area contributed by atoms with Crippen LogP contribution in [-0.2, 0) is 4.79 Å². The molecule has 2 aromatic heterocycles. The molecule has 0 saturated heterocycles. The van der Waals surface area contributed by atoms with E-state index in [0.717, 1.165) is 37.2 Å². The summed E-state index contributed by atoms with van der Waals surface area (Å²) in [7, 11) is 0. The Hall–Kier alpha value is -3.50. The molecule has 0 spiro atoms. The zero-order chi connectivity index (χ0) is 24.2. The lowest BCUT2D eigenvalue weighted by molar-refractivity contribution is -0.123. The number of amides is 3. The monoisotopic (exact) mass is 498 g/mol. The number of nitrogens with one attached hydrogen (secondary N) is 1. The SMILES string of the molecule is NC(=O)c1nsc(C(=O)N(c2ccc(Cl)cc2)C(C(=O)NC2CCCC2)c2ccncc2)c1N. The highest BCUT2D eigenvalue weighted by molar-refractivity contribution is 7.09. The van der Waals surface area contributed by atoms with Crippen LogP contribution in [0.2, 0.25) is 5.02 Å². The van der Waals surface area contributed by atoms with Crippen molar-refractivity contribution in [2.45, 2.75) is 37.8 Å². The molecule has 4 rings (SSSR count). The van der Waals surface area contributed by atoms with Crippen molar-refractivity contribution in [3.05, 3.63) is 69.9 Å². The van der Waals surface area contributed by atoms with Crippen LogP contribution in [0.5, 0.6) is 0 Å². The largest absolute Gasteiger partial charge is 0.395 e. The summed E-state index contributed by atoms with van der Waals surface area (Å²) in [4.78, 5) is 44.6. The summed E-state index contributed by atoms with van der Waals surface area (Å²) in [6.07, 6.45) is 6.96. The molecule has 5 N–H and O–H groups in total. The molecule has 1 aliphatic carbocycles. The van der Waals surface area contributed by atoms with Gasteiger partial charge < -0.3 is 16.8 Å². The topological polar surface area (TPSA) is 144 Å². The van der Waals surface area contributed by atoms with Crippen molar-refractivity contribution in [3.63, 3.8) is 0 Å². The Kier molecular flexibility index (Phi) is 7.09. The van der Waals surface area contributed by atoms with E-state index in [1.807, 2.05) is 0 Å². The highest BCUT2D eigenvalue weighted by atomic mass is 35.5. The minimum absolute atomic E-state index is 0.0106. The zero-order valence-corrected chi connectivity index (χ0v) is 19.7. The molecule has 176 valence electrons. The third kappa shape index (κ3) is 4.87. The van der Waals surface area contributed by atoms with Crippen LogP contribution >= 0.6 is 23.1 Å². The molecular weight excluding hydrogens is 476 g/mol. The number of halogens is 1. The molecule has 34 heavy (non-hydrogen) atoms. The first-order valence-electron chi connectivity index (χ1n) is 10.7. The molecular formula is C23H23ClN6O3S. The first-order valence-corrected chi connectivity index (χ1v) is 11.9. The van der Waals surface area contributed by atoms with Gasteiger partial charge in [0.05, 0.1) is 5.69 Å². The van der Waals surface area contributed by atoms with Gasteiger partial charge >= 0.3 is 0 Å². The Morgan fingerprint density at radius 3 is 2.32 bits per heavy atom. The van der Waals surface area contributed by atoms with Gasteiger partial charge in [0.25, 0.3) is 11.8 Å². The first kappa shape index (κ1) is 23.7. The molecule has 2 heterocycles. The summed E-state index contributed by atoms with van der Waals surface area (Å²) in [5.74, 6) is -1.76. The highest BCUT2D eigenvalue weighted by Crippen LogP contribution is 2.34. The van der Waals surface area contributed by atoms with Crippen LogP contribution < -0.4 is 21.7 Å². The Morgan fingerprint density at radius 2 is 1.74 bits per heavy atom. The number of anilines is 2. The van der Waals surface area contributed by atoms with Gasteiger partial charge in [-0.3, -0.25) is 24.3 Å². The number of pyridine rings is 1. The second-order valence-corrected chi connectivity index (χ2v) is 9.17. The number of hydrogen-bond acceptors (Lipinski definition) is 7. The molecule has 1 saturated carbocycles. The van der Waals surface area contributed by atoms with E-state index in [1.165, 1.54) is 4.90 Å². The van der Waals surface area contributed by atoms with E-state index in [4.69, 9.17) is 23.1 Å². The van der Waals surface area contributed by atoms with Gasteiger partial charge in [0.1, 0.15) is 10.9 Å². The van der Waals surface area contributed by atoms with Gasteiger partial charge in [0, 0.05) is 29.1 Å². The van der Waals surface area contributed by atoms with Crippen molar-refractivity contribution in [2.75, 3.05) is 10.6 Å². The standard InChI is InChI=1S/C23H23ClN6O3S/c24-14-5-7-16(8-6-14)30(23(33)20-17(25)18(21(26)31)29-34-20)19(13-9-11-27-12-10-13)22(32)28-15-3-1-2-4-15/h5-12,15,19H,1-4,25H2,(H2,26,31)(H,28,32). The van der Waals surface area contributed by atoms with Gasteiger partial charge in [0.15, 0.2) is 5.69 Å². The lowest BCUT2D eigenvalue weighted by Crippen LogP contribution is -2.46. The molecule has 0 aliphatic heterocycles. The van der Waals surface area contributed by atoms with Crippen molar-refractivity contribution >= 4 is 52.2 Å². The molecule has 1 aliphatic rings. The zero-order valence-electron chi connectivity index (χ0n) is 18.1. The van der Waals surface area contributed by atoms with E-state index >= 15 is 0 Å². The lowest BCUT2D eigenvalue weighted by Gasteiger charge is -2.32. The van der Waals surface area contributed by atoms with Gasteiger partial charge in [-0.1, -0.05) is 24.4 Å². The van der Waals surface area contributed by atoms with Gasteiger partial charge in [-0.25, -0.2) is 0 Å². The normalized spacial score (nSPS) is 14.5. The van der Waals surface area contributed by atoms with Gasteiger partial charge in [-0.05, 0) is 66.3 Å². The van der Waals surface area contributed by atoms with Crippen LogP contribution in [0.3, 0.4) is 0 Å². The fourth-order valence-corrected chi connectivity index (χ4v) is 4.91. The Balaban J connectivity index is 1.83. The quantitative estimate of drug-likeness (QED) is 0.455. The first-order chi connectivity index (χ1) is 16.4. The second-order valence-electron chi connectivity index (χ2n) is 7.96. The maximum absolute atomic E-state index is 13.9. The third-order valence-electron chi connectivity index (χ3n) is 5.71. The van der Waals surface area contributed by atoms with Gasteiger partial charge in [-0.2, -0.15) is 4.37 Å². The van der Waals surface area contributed by atoms with E-state index < -0.39 is 17.9 Å². The smallest absolute Gasteiger partial charge is 0.273 e. The van der Waals surface area contributed by atoms with Crippen LogP contribution in [0.4, 0.5) is 11.4 Å². The minimum atomic E-state index is -1.03. The third-order valence-corrected chi connectivity index (χ3v) is 6.81. The van der Waals surface area contributed by atoms with E-state index in [2.05, 4.69) is 14.7 Å². The molecule has 1 unspecified atom stereocenters. The number of hydrogen-bond donors (Lipinski definition) is 3. The number of carbonyl (C=O) groups is 3. The van der Waals surface area contributed by atoms with Crippen LogP contribution in [0, 0.1) is 0 Å². The number of benzene rings is 1. The summed E-state index contributed by atoms with van der Waals surface area (Å²) >= 11 is 6.84. The molecule has 3 aromatic rings. The fourth-order valence-electron chi connectivity index (χ4n) is 4.04. The van der Waals surface area contributed by atoms with Crippen molar-refractivity contribution in [1.82, 2.24) is 14.7 Å². The molecule has 1 aromatic carbocycles. The summed E-state index contributed by atoms with van der Waals surface area (Å²) in [6, 6.07) is 8.90.